The van der Waals surface area contributed by atoms with E-state index < -0.39 is 10.0 Å². The molecule has 0 bridgehead atoms. The van der Waals surface area contributed by atoms with Gasteiger partial charge in [0.1, 0.15) is 16.8 Å². The van der Waals surface area contributed by atoms with Crippen molar-refractivity contribution in [3.8, 4) is 0 Å². The number of rotatable bonds is 8. The van der Waals surface area contributed by atoms with E-state index in [2.05, 4.69) is 20.0 Å². The van der Waals surface area contributed by atoms with Crippen LogP contribution in [0.2, 0.25) is 5.15 Å². The topological polar surface area (TPSA) is 84.0 Å². The normalized spacial score (nSPS) is 15.2. The number of benzene rings is 1. The molecule has 27 heavy (non-hydrogen) atoms. The van der Waals surface area contributed by atoms with Crippen LogP contribution in [-0.2, 0) is 22.9 Å². The van der Waals surface area contributed by atoms with Crippen molar-refractivity contribution in [1.82, 2.24) is 14.7 Å². The summed E-state index contributed by atoms with van der Waals surface area (Å²) in [4.78, 5) is 8.84. The molecule has 8 heteroatoms. The Labute approximate surface area is 165 Å². The first-order chi connectivity index (χ1) is 13.0. The summed E-state index contributed by atoms with van der Waals surface area (Å²) >= 11 is 5.99. The Balaban J connectivity index is 1.55. The zero-order valence-electron chi connectivity index (χ0n) is 15.4. The van der Waals surface area contributed by atoms with Crippen molar-refractivity contribution in [3.05, 3.63) is 46.9 Å². The average Bonchev–Trinajstić information content (AvgIpc) is 3.14. The molecule has 0 saturated heterocycles. The van der Waals surface area contributed by atoms with Crippen molar-refractivity contribution in [3.63, 3.8) is 0 Å². The minimum absolute atomic E-state index is 0.0755. The summed E-state index contributed by atoms with van der Waals surface area (Å²) in [5, 5.41) is 3.66. The first-order valence-electron chi connectivity index (χ1n) is 9.35. The van der Waals surface area contributed by atoms with E-state index in [-0.39, 0.29) is 6.04 Å². The molecule has 0 unspecified atom stereocenters. The van der Waals surface area contributed by atoms with E-state index in [1.165, 1.54) is 0 Å². The highest BCUT2D eigenvalue weighted by molar-refractivity contribution is 7.89. The lowest BCUT2D eigenvalue weighted by Crippen LogP contribution is -2.32. The maximum absolute atomic E-state index is 12.4. The number of hydrogen-bond acceptors (Lipinski definition) is 5. The molecular formula is C19H25ClN4O2S. The summed E-state index contributed by atoms with van der Waals surface area (Å²) in [5.41, 5.74) is 1.05. The van der Waals surface area contributed by atoms with Crippen molar-refractivity contribution >= 4 is 27.4 Å². The maximum Gasteiger partial charge on any atom is 0.240 e. The monoisotopic (exact) mass is 408 g/mol. The van der Waals surface area contributed by atoms with Gasteiger partial charge in [-0.05, 0) is 37.0 Å². The molecule has 2 N–H and O–H groups in total. The molecule has 146 valence electrons. The van der Waals surface area contributed by atoms with Gasteiger partial charge in [0.2, 0.25) is 10.0 Å². The average molecular weight is 409 g/mol. The van der Waals surface area contributed by atoms with Crippen LogP contribution in [-0.4, -0.2) is 31.0 Å². The molecule has 3 rings (SSSR count). The molecule has 0 amide bonds. The van der Waals surface area contributed by atoms with Gasteiger partial charge in [-0.25, -0.2) is 23.1 Å². The van der Waals surface area contributed by atoms with E-state index in [1.807, 2.05) is 19.1 Å². The summed E-state index contributed by atoms with van der Waals surface area (Å²) in [6.45, 7) is 2.65. The van der Waals surface area contributed by atoms with E-state index in [4.69, 9.17) is 11.6 Å². The molecule has 1 aliphatic carbocycles. The van der Waals surface area contributed by atoms with Gasteiger partial charge in [0.25, 0.3) is 0 Å². The zero-order chi connectivity index (χ0) is 19.3. The third-order valence-corrected chi connectivity index (χ3v) is 6.42. The zero-order valence-corrected chi connectivity index (χ0v) is 17.0. The SMILES string of the molecule is CCc1nc(Cl)cc(NCCc2ccc(S(=O)(=O)NC3CCCC3)cc2)n1. The quantitative estimate of drug-likeness (QED) is 0.652. The summed E-state index contributed by atoms with van der Waals surface area (Å²) in [6, 6.07) is 8.83. The number of hydrogen-bond donors (Lipinski definition) is 2. The van der Waals surface area contributed by atoms with Crippen LogP contribution in [0.4, 0.5) is 5.82 Å². The Morgan fingerprint density at radius 1 is 1.15 bits per heavy atom. The fourth-order valence-corrected chi connectivity index (χ4v) is 4.72. The van der Waals surface area contributed by atoms with Crippen LogP contribution in [0.25, 0.3) is 0 Å². The van der Waals surface area contributed by atoms with E-state index in [0.717, 1.165) is 44.1 Å². The number of nitrogens with zero attached hydrogens (tertiary/aromatic N) is 2. The number of aromatic nitrogens is 2. The van der Waals surface area contributed by atoms with Gasteiger partial charge in [-0.15, -0.1) is 0 Å². The molecule has 1 saturated carbocycles. The van der Waals surface area contributed by atoms with Crippen molar-refractivity contribution in [2.75, 3.05) is 11.9 Å². The highest BCUT2D eigenvalue weighted by atomic mass is 35.5. The molecule has 1 heterocycles. The van der Waals surface area contributed by atoms with Crippen LogP contribution in [0.3, 0.4) is 0 Å². The summed E-state index contributed by atoms with van der Waals surface area (Å²) in [7, 11) is -3.43. The molecule has 0 atom stereocenters. The van der Waals surface area contributed by atoms with Gasteiger partial charge in [0, 0.05) is 25.1 Å². The standard InChI is InChI=1S/C19H25ClN4O2S/c1-2-18-22-17(20)13-19(23-18)21-12-11-14-7-9-16(10-8-14)27(25,26)24-15-5-3-4-6-15/h7-10,13,15,24H,2-6,11-12H2,1H3,(H,21,22,23). The molecular weight excluding hydrogens is 384 g/mol. The second-order valence-electron chi connectivity index (χ2n) is 6.77. The molecule has 1 aliphatic rings. The van der Waals surface area contributed by atoms with Gasteiger partial charge >= 0.3 is 0 Å². The van der Waals surface area contributed by atoms with Crippen LogP contribution in [0.5, 0.6) is 0 Å². The Morgan fingerprint density at radius 2 is 1.85 bits per heavy atom. The number of sulfonamides is 1. The molecule has 1 aromatic heterocycles. The van der Waals surface area contributed by atoms with E-state index >= 15 is 0 Å². The Kier molecular flexibility index (Phi) is 6.68. The predicted octanol–water partition coefficient (Wildman–Crippen LogP) is 3.57. The van der Waals surface area contributed by atoms with Gasteiger partial charge in [0.05, 0.1) is 4.90 Å². The highest BCUT2D eigenvalue weighted by Crippen LogP contribution is 2.20. The molecule has 1 fully saturated rings. The van der Waals surface area contributed by atoms with Crippen LogP contribution >= 0.6 is 11.6 Å². The number of halogens is 1. The molecule has 2 aromatic rings. The largest absolute Gasteiger partial charge is 0.370 e. The lowest BCUT2D eigenvalue weighted by atomic mass is 10.1. The fourth-order valence-electron chi connectivity index (χ4n) is 3.21. The van der Waals surface area contributed by atoms with Gasteiger partial charge in [-0.3, -0.25) is 0 Å². The Morgan fingerprint density at radius 3 is 2.52 bits per heavy atom. The summed E-state index contributed by atoms with van der Waals surface area (Å²) in [5.74, 6) is 1.40. The lowest BCUT2D eigenvalue weighted by Gasteiger charge is -2.13. The molecule has 0 spiro atoms. The number of nitrogens with one attached hydrogen (secondary N) is 2. The summed E-state index contributed by atoms with van der Waals surface area (Å²) < 4.78 is 27.7. The Hall–Kier alpha value is -1.70. The second kappa shape index (κ2) is 8.99. The van der Waals surface area contributed by atoms with Gasteiger partial charge in [-0.2, -0.15) is 0 Å². The van der Waals surface area contributed by atoms with Crippen LogP contribution in [0, 0.1) is 0 Å². The van der Waals surface area contributed by atoms with E-state index in [0.29, 0.717) is 28.2 Å². The number of aryl methyl sites for hydroxylation is 1. The Bertz CT molecular complexity index is 866. The molecule has 0 radical (unpaired) electrons. The summed E-state index contributed by atoms with van der Waals surface area (Å²) in [6.07, 6.45) is 5.51. The highest BCUT2D eigenvalue weighted by Gasteiger charge is 2.22. The van der Waals surface area contributed by atoms with Crippen molar-refractivity contribution < 1.29 is 8.42 Å². The smallest absolute Gasteiger partial charge is 0.240 e. The third kappa shape index (κ3) is 5.64. The van der Waals surface area contributed by atoms with Gasteiger partial charge < -0.3 is 5.32 Å². The van der Waals surface area contributed by atoms with Gasteiger partial charge in [0.15, 0.2) is 0 Å². The van der Waals surface area contributed by atoms with Crippen molar-refractivity contribution in [1.29, 1.82) is 0 Å². The van der Waals surface area contributed by atoms with Crippen LogP contribution in [0.15, 0.2) is 35.2 Å². The fraction of sp³-hybridized carbons (Fsp3) is 0.474. The van der Waals surface area contributed by atoms with Crippen LogP contribution < -0.4 is 10.0 Å². The molecule has 1 aromatic carbocycles. The predicted molar refractivity (Wildman–Crippen MR) is 108 cm³/mol. The minimum Gasteiger partial charge on any atom is -0.370 e. The molecule has 0 aliphatic heterocycles. The van der Waals surface area contributed by atoms with Crippen molar-refractivity contribution in [2.24, 2.45) is 0 Å². The first kappa shape index (κ1) is 20.0. The lowest BCUT2D eigenvalue weighted by molar-refractivity contribution is 0.552. The van der Waals surface area contributed by atoms with Gasteiger partial charge in [-0.1, -0.05) is 43.5 Å². The maximum atomic E-state index is 12.4. The van der Waals surface area contributed by atoms with E-state index in [9.17, 15) is 8.42 Å². The van der Waals surface area contributed by atoms with Crippen molar-refractivity contribution in [2.45, 2.75) is 56.4 Å². The minimum atomic E-state index is -3.43. The van der Waals surface area contributed by atoms with E-state index in [1.54, 1.807) is 18.2 Å². The van der Waals surface area contributed by atoms with Crippen LogP contribution in [0.1, 0.15) is 44.0 Å². The second-order valence-corrected chi connectivity index (χ2v) is 8.87. The first-order valence-corrected chi connectivity index (χ1v) is 11.2. The third-order valence-electron chi connectivity index (χ3n) is 4.69. The number of anilines is 1. The molecule has 6 nitrogen and oxygen atoms in total.